The SMILES string of the molecule is CC(O)c1ccccc1NCc1cc(Cl)c2c(c1)OCO2. The van der Waals surface area contributed by atoms with Crippen molar-refractivity contribution in [2.24, 2.45) is 0 Å². The molecule has 2 aromatic carbocycles. The fourth-order valence-electron chi connectivity index (χ4n) is 2.34. The summed E-state index contributed by atoms with van der Waals surface area (Å²) in [7, 11) is 0. The molecule has 0 aliphatic carbocycles. The molecule has 0 saturated carbocycles. The maximum atomic E-state index is 9.78. The van der Waals surface area contributed by atoms with Gasteiger partial charge in [-0.15, -0.1) is 0 Å². The zero-order valence-electron chi connectivity index (χ0n) is 11.6. The van der Waals surface area contributed by atoms with Gasteiger partial charge in [0, 0.05) is 17.8 Å². The lowest BCUT2D eigenvalue weighted by atomic mass is 10.1. The Morgan fingerprint density at radius 3 is 2.90 bits per heavy atom. The molecule has 2 aromatic rings. The lowest BCUT2D eigenvalue weighted by molar-refractivity contribution is 0.174. The molecule has 0 bridgehead atoms. The molecule has 1 unspecified atom stereocenters. The van der Waals surface area contributed by atoms with Crippen molar-refractivity contribution in [1.82, 2.24) is 0 Å². The molecule has 2 N–H and O–H groups in total. The summed E-state index contributed by atoms with van der Waals surface area (Å²) >= 11 is 6.17. The van der Waals surface area contributed by atoms with Crippen molar-refractivity contribution in [2.75, 3.05) is 12.1 Å². The first-order chi connectivity index (χ1) is 10.1. The fourth-order valence-corrected chi connectivity index (χ4v) is 2.63. The Hall–Kier alpha value is -1.91. The van der Waals surface area contributed by atoms with E-state index in [4.69, 9.17) is 21.1 Å². The monoisotopic (exact) mass is 305 g/mol. The highest BCUT2D eigenvalue weighted by Gasteiger charge is 2.18. The number of rotatable bonds is 4. The van der Waals surface area contributed by atoms with Crippen LogP contribution < -0.4 is 14.8 Å². The summed E-state index contributed by atoms with van der Waals surface area (Å²) in [6, 6.07) is 11.4. The number of benzene rings is 2. The Bertz CT molecular complexity index is 658. The van der Waals surface area contributed by atoms with Gasteiger partial charge in [0.15, 0.2) is 11.5 Å². The second-order valence-electron chi connectivity index (χ2n) is 4.93. The Labute approximate surface area is 128 Å². The van der Waals surface area contributed by atoms with E-state index in [2.05, 4.69) is 5.32 Å². The molecule has 0 spiro atoms. The van der Waals surface area contributed by atoms with Gasteiger partial charge < -0.3 is 19.9 Å². The summed E-state index contributed by atoms with van der Waals surface area (Å²) in [5.74, 6) is 1.27. The van der Waals surface area contributed by atoms with Crippen molar-refractivity contribution in [3.63, 3.8) is 0 Å². The molecule has 21 heavy (non-hydrogen) atoms. The van der Waals surface area contributed by atoms with Crippen molar-refractivity contribution >= 4 is 17.3 Å². The number of hydrogen-bond acceptors (Lipinski definition) is 4. The molecule has 0 saturated heterocycles. The number of anilines is 1. The minimum absolute atomic E-state index is 0.205. The largest absolute Gasteiger partial charge is 0.454 e. The molecule has 1 atom stereocenters. The zero-order chi connectivity index (χ0) is 14.8. The highest BCUT2D eigenvalue weighted by molar-refractivity contribution is 6.32. The summed E-state index contributed by atoms with van der Waals surface area (Å²) in [5.41, 5.74) is 2.76. The van der Waals surface area contributed by atoms with Crippen molar-refractivity contribution in [3.05, 3.63) is 52.5 Å². The summed E-state index contributed by atoms with van der Waals surface area (Å²) in [6.45, 7) is 2.54. The quantitative estimate of drug-likeness (QED) is 0.903. The van der Waals surface area contributed by atoms with Crippen molar-refractivity contribution in [3.8, 4) is 11.5 Å². The molecule has 1 aliphatic heterocycles. The number of halogens is 1. The summed E-state index contributed by atoms with van der Waals surface area (Å²) in [4.78, 5) is 0. The molecule has 4 nitrogen and oxygen atoms in total. The number of ether oxygens (including phenoxy) is 2. The zero-order valence-corrected chi connectivity index (χ0v) is 12.4. The number of nitrogens with one attached hydrogen (secondary N) is 1. The maximum absolute atomic E-state index is 9.78. The Balaban J connectivity index is 1.78. The minimum atomic E-state index is -0.519. The lowest BCUT2D eigenvalue weighted by Crippen LogP contribution is -2.04. The molecule has 1 aliphatic rings. The van der Waals surface area contributed by atoms with Gasteiger partial charge in [0.25, 0.3) is 0 Å². The summed E-state index contributed by atoms with van der Waals surface area (Å²) in [6.07, 6.45) is -0.519. The molecule has 0 radical (unpaired) electrons. The molecule has 0 fully saturated rings. The van der Waals surface area contributed by atoms with Crippen LogP contribution >= 0.6 is 11.6 Å². The third kappa shape index (κ3) is 2.91. The number of fused-ring (bicyclic) bond motifs is 1. The standard InChI is InChI=1S/C16H16ClNO3/c1-10(19)12-4-2-3-5-14(12)18-8-11-6-13(17)16-15(7-11)20-9-21-16/h2-7,10,18-19H,8-9H2,1H3. The topological polar surface area (TPSA) is 50.7 Å². The van der Waals surface area contributed by atoms with Gasteiger partial charge in [0.05, 0.1) is 11.1 Å². The predicted octanol–water partition coefficient (Wildman–Crippen LogP) is 3.73. The van der Waals surface area contributed by atoms with E-state index in [9.17, 15) is 5.11 Å². The van der Waals surface area contributed by atoms with Crippen LogP contribution in [0.2, 0.25) is 5.02 Å². The number of aliphatic hydroxyl groups excluding tert-OH is 1. The Morgan fingerprint density at radius 1 is 1.29 bits per heavy atom. The third-order valence-corrected chi connectivity index (χ3v) is 3.66. The van der Waals surface area contributed by atoms with Crippen LogP contribution in [0.1, 0.15) is 24.2 Å². The highest BCUT2D eigenvalue weighted by Crippen LogP contribution is 2.40. The van der Waals surface area contributed by atoms with Gasteiger partial charge in [0.1, 0.15) is 0 Å². The molecular weight excluding hydrogens is 290 g/mol. The third-order valence-electron chi connectivity index (χ3n) is 3.38. The van der Waals surface area contributed by atoms with E-state index in [1.807, 2.05) is 36.4 Å². The first-order valence-electron chi connectivity index (χ1n) is 6.74. The normalized spacial score (nSPS) is 14.0. The summed E-state index contributed by atoms with van der Waals surface area (Å²) < 4.78 is 10.6. The second kappa shape index (κ2) is 5.84. The van der Waals surface area contributed by atoms with Crippen molar-refractivity contribution in [2.45, 2.75) is 19.6 Å². The van der Waals surface area contributed by atoms with E-state index < -0.39 is 6.10 Å². The van der Waals surface area contributed by atoms with Gasteiger partial charge in [0.2, 0.25) is 6.79 Å². The van der Waals surface area contributed by atoms with Crippen LogP contribution in [0, 0.1) is 0 Å². The van der Waals surface area contributed by atoms with Crippen molar-refractivity contribution < 1.29 is 14.6 Å². The van der Waals surface area contributed by atoms with Crippen LogP contribution in [0.3, 0.4) is 0 Å². The summed E-state index contributed by atoms with van der Waals surface area (Å²) in [5, 5.41) is 13.6. The molecule has 1 heterocycles. The second-order valence-corrected chi connectivity index (χ2v) is 5.34. The van der Waals surface area contributed by atoms with Gasteiger partial charge in [-0.25, -0.2) is 0 Å². The minimum Gasteiger partial charge on any atom is -0.454 e. The molecule has 0 aromatic heterocycles. The van der Waals surface area contributed by atoms with Crippen LogP contribution in [-0.2, 0) is 6.54 Å². The van der Waals surface area contributed by atoms with Gasteiger partial charge in [-0.2, -0.15) is 0 Å². The van der Waals surface area contributed by atoms with Crippen LogP contribution in [-0.4, -0.2) is 11.9 Å². The molecule has 110 valence electrons. The lowest BCUT2D eigenvalue weighted by Gasteiger charge is -2.14. The first-order valence-corrected chi connectivity index (χ1v) is 7.12. The first kappa shape index (κ1) is 14.0. The van der Waals surface area contributed by atoms with E-state index in [-0.39, 0.29) is 6.79 Å². The van der Waals surface area contributed by atoms with Gasteiger partial charge >= 0.3 is 0 Å². The molecule has 5 heteroatoms. The predicted molar refractivity (Wildman–Crippen MR) is 82.0 cm³/mol. The molecule has 0 amide bonds. The van der Waals surface area contributed by atoms with E-state index in [1.54, 1.807) is 6.92 Å². The van der Waals surface area contributed by atoms with Gasteiger partial charge in [-0.05, 0) is 30.7 Å². The number of aliphatic hydroxyl groups is 1. The average molecular weight is 306 g/mol. The Morgan fingerprint density at radius 2 is 2.10 bits per heavy atom. The van der Waals surface area contributed by atoms with E-state index in [1.165, 1.54) is 0 Å². The fraction of sp³-hybridized carbons (Fsp3) is 0.250. The van der Waals surface area contributed by atoms with E-state index >= 15 is 0 Å². The van der Waals surface area contributed by atoms with Crippen LogP contribution in [0.4, 0.5) is 5.69 Å². The average Bonchev–Trinajstić information content (AvgIpc) is 2.94. The highest BCUT2D eigenvalue weighted by atomic mass is 35.5. The van der Waals surface area contributed by atoms with Gasteiger partial charge in [-0.3, -0.25) is 0 Å². The maximum Gasteiger partial charge on any atom is 0.231 e. The Kier molecular flexibility index (Phi) is 3.90. The smallest absolute Gasteiger partial charge is 0.231 e. The van der Waals surface area contributed by atoms with Crippen LogP contribution in [0.25, 0.3) is 0 Å². The van der Waals surface area contributed by atoms with E-state index in [0.29, 0.717) is 23.1 Å². The van der Waals surface area contributed by atoms with Gasteiger partial charge in [-0.1, -0.05) is 29.8 Å². The van der Waals surface area contributed by atoms with E-state index in [0.717, 1.165) is 16.8 Å². The van der Waals surface area contributed by atoms with Crippen LogP contribution in [0.15, 0.2) is 36.4 Å². The van der Waals surface area contributed by atoms with Crippen LogP contribution in [0.5, 0.6) is 11.5 Å². The molecule has 3 rings (SSSR count). The number of para-hydroxylation sites is 1. The van der Waals surface area contributed by atoms with Crippen molar-refractivity contribution in [1.29, 1.82) is 0 Å². The number of hydrogen-bond donors (Lipinski definition) is 2. The molecular formula is C16H16ClNO3.